The minimum absolute atomic E-state index is 0.336. The standard InChI is InChI=1S/C18H15NO/c1-14-11-17(13-19)12-15(2)18(14)20-10-6-9-16-7-4-3-5-8-16/h3-5,7-8,11-12H,10H2,1-2H3. The van der Waals surface area contributed by atoms with Crippen LogP contribution in [0.2, 0.25) is 0 Å². The quantitative estimate of drug-likeness (QED) is 0.774. The molecule has 0 saturated heterocycles. The predicted octanol–water partition coefficient (Wildman–Crippen LogP) is 3.61. The first-order valence-corrected chi connectivity index (χ1v) is 6.39. The smallest absolute Gasteiger partial charge is 0.149 e. The van der Waals surface area contributed by atoms with Gasteiger partial charge in [0.1, 0.15) is 12.4 Å². The van der Waals surface area contributed by atoms with Crippen molar-refractivity contribution in [3.8, 4) is 23.7 Å². The maximum Gasteiger partial charge on any atom is 0.149 e. The van der Waals surface area contributed by atoms with Crippen LogP contribution < -0.4 is 4.74 Å². The largest absolute Gasteiger partial charge is 0.480 e. The van der Waals surface area contributed by atoms with E-state index in [1.54, 1.807) is 0 Å². The SMILES string of the molecule is Cc1cc(C#N)cc(C)c1OCC#Cc1ccccc1. The van der Waals surface area contributed by atoms with Crippen LogP contribution >= 0.6 is 0 Å². The van der Waals surface area contributed by atoms with Gasteiger partial charge < -0.3 is 4.74 Å². The summed E-state index contributed by atoms with van der Waals surface area (Å²) in [4.78, 5) is 0. The molecule has 0 bridgehead atoms. The molecule has 2 aromatic carbocycles. The first-order valence-electron chi connectivity index (χ1n) is 6.39. The lowest BCUT2D eigenvalue weighted by Gasteiger charge is -2.10. The molecule has 0 heterocycles. The van der Waals surface area contributed by atoms with E-state index in [9.17, 15) is 0 Å². The Morgan fingerprint density at radius 2 is 1.65 bits per heavy atom. The molecule has 0 fully saturated rings. The summed E-state index contributed by atoms with van der Waals surface area (Å²) in [6, 6.07) is 15.6. The molecule has 0 unspecified atom stereocenters. The van der Waals surface area contributed by atoms with Gasteiger partial charge >= 0.3 is 0 Å². The van der Waals surface area contributed by atoms with Crippen molar-refractivity contribution < 1.29 is 4.74 Å². The lowest BCUT2D eigenvalue weighted by Crippen LogP contribution is -1.99. The zero-order chi connectivity index (χ0) is 14.4. The summed E-state index contributed by atoms with van der Waals surface area (Å²) in [6.45, 7) is 4.21. The Morgan fingerprint density at radius 1 is 1.00 bits per heavy atom. The number of hydrogen-bond acceptors (Lipinski definition) is 2. The van der Waals surface area contributed by atoms with E-state index in [4.69, 9.17) is 10.00 Å². The molecular weight excluding hydrogens is 246 g/mol. The molecule has 2 rings (SSSR count). The molecule has 0 atom stereocenters. The van der Waals surface area contributed by atoms with Gasteiger partial charge in [0.25, 0.3) is 0 Å². The number of benzene rings is 2. The maximum absolute atomic E-state index is 8.90. The second-order valence-corrected chi connectivity index (χ2v) is 4.51. The van der Waals surface area contributed by atoms with Gasteiger partial charge in [-0.15, -0.1) is 0 Å². The van der Waals surface area contributed by atoms with E-state index < -0.39 is 0 Å². The number of rotatable bonds is 2. The van der Waals surface area contributed by atoms with Gasteiger partial charge in [0, 0.05) is 5.56 Å². The van der Waals surface area contributed by atoms with Crippen molar-refractivity contribution in [2.75, 3.05) is 6.61 Å². The summed E-state index contributed by atoms with van der Waals surface area (Å²) in [5.41, 5.74) is 3.55. The van der Waals surface area contributed by atoms with Crippen LogP contribution in [-0.2, 0) is 0 Å². The zero-order valence-electron chi connectivity index (χ0n) is 11.6. The second-order valence-electron chi connectivity index (χ2n) is 4.51. The second kappa shape index (κ2) is 6.45. The van der Waals surface area contributed by atoms with Crippen LogP contribution in [0.1, 0.15) is 22.3 Å². The zero-order valence-corrected chi connectivity index (χ0v) is 11.6. The number of hydrogen-bond donors (Lipinski definition) is 0. The molecule has 20 heavy (non-hydrogen) atoms. The molecule has 0 spiro atoms. The lowest BCUT2D eigenvalue weighted by molar-refractivity contribution is 0.365. The topological polar surface area (TPSA) is 33.0 Å². The molecule has 2 aromatic rings. The van der Waals surface area contributed by atoms with Gasteiger partial charge in [0.15, 0.2) is 0 Å². The fourth-order valence-corrected chi connectivity index (χ4v) is 2.01. The molecule has 2 nitrogen and oxygen atoms in total. The van der Waals surface area contributed by atoms with E-state index in [0.717, 1.165) is 22.4 Å². The summed E-state index contributed by atoms with van der Waals surface area (Å²) < 4.78 is 5.71. The van der Waals surface area contributed by atoms with E-state index >= 15 is 0 Å². The summed E-state index contributed by atoms with van der Waals surface area (Å²) >= 11 is 0. The summed E-state index contributed by atoms with van der Waals surface area (Å²) in [6.07, 6.45) is 0. The number of nitriles is 1. The highest BCUT2D eigenvalue weighted by Gasteiger charge is 2.05. The van der Waals surface area contributed by atoms with Gasteiger partial charge in [-0.25, -0.2) is 0 Å². The Kier molecular flexibility index (Phi) is 4.43. The van der Waals surface area contributed by atoms with Gasteiger partial charge in [0.05, 0.1) is 11.6 Å². The van der Waals surface area contributed by atoms with Crippen LogP contribution in [0.4, 0.5) is 0 Å². The van der Waals surface area contributed by atoms with Crippen molar-refractivity contribution in [2.45, 2.75) is 13.8 Å². The van der Waals surface area contributed by atoms with Gasteiger partial charge in [-0.05, 0) is 49.2 Å². The third-order valence-corrected chi connectivity index (χ3v) is 2.88. The van der Waals surface area contributed by atoms with Crippen LogP contribution in [0.25, 0.3) is 0 Å². The average molecular weight is 261 g/mol. The van der Waals surface area contributed by atoms with Crippen LogP contribution in [0, 0.1) is 37.0 Å². The van der Waals surface area contributed by atoms with E-state index in [-0.39, 0.29) is 0 Å². The Morgan fingerprint density at radius 3 is 2.25 bits per heavy atom. The van der Waals surface area contributed by atoms with Crippen LogP contribution in [-0.4, -0.2) is 6.61 Å². The molecule has 0 aromatic heterocycles. The fourth-order valence-electron chi connectivity index (χ4n) is 2.01. The van der Waals surface area contributed by atoms with E-state index in [2.05, 4.69) is 17.9 Å². The van der Waals surface area contributed by atoms with Gasteiger partial charge in [0.2, 0.25) is 0 Å². The highest BCUT2D eigenvalue weighted by molar-refractivity contribution is 5.47. The third kappa shape index (κ3) is 3.40. The molecule has 0 aliphatic heterocycles. The molecule has 0 amide bonds. The fraction of sp³-hybridized carbons (Fsp3) is 0.167. The van der Waals surface area contributed by atoms with Gasteiger partial charge in [-0.2, -0.15) is 5.26 Å². The van der Waals surface area contributed by atoms with Crippen molar-refractivity contribution in [3.05, 3.63) is 64.7 Å². The van der Waals surface area contributed by atoms with Crippen molar-refractivity contribution in [1.82, 2.24) is 0 Å². The van der Waals surface area contributed by atoms with Crippen molar-refractivity contribution in [1.29, 1.82) is 5.26 Å². The van der Waals surface area contributed by atoms with Crippen molar-refractivity contribution in [2.24, 2.45) is 0 Å². The molecule has 2 heteroatoms. The average Bonchev–Trinajstić information content (AvgIpc) is 2.46. The Labute approximate surface area is 119 Å². The molecule has 0 aliphatic carbocycles. The first-order chi connectivity index (χ1) is 9.70. The number of aryl methyl sites for hydroxylation is 2. The number of ether oxygens (including phenoxy) is 1. The lowest BCUT2D eigenvalue weighted by atomic mass is 10.1. The van der Waals surface area contributed by atoms with Crippen LogP contribution in [0.15, 0.2) is 42.5 Å². The van der Waals surface area contributed by atoms with Crippen molar-refractivity contribution >= 4 is 0 Å². The van der Waals surface area contributed by atoms with Crippen molar-refractivity contribution in [3.63, 3.8) is 0 Å². The molecule has 0 N–H and O–H groups in total. The highest BCUT2D eigenvalue weighted by atomic mass is 16.5. The highest BCUT2D eigenvalue weighted by Crippen LogP contribution is 2.24. The predicted molar refractivity (Wildman–Crippen MR) is 79.4 cm³/mol. The normalized spacial score (nSPS) is 9.25. The third-order valence-electron chi connectivity index (χ3n) is 2.88. The van der Waals surface area contributed by atoms with E-state index in [1.165, 1.54) is 0 Å². The summed E-state index contributed by atoms with van der Waals surface area (Å²) in [5.74, 6) is 6.86. The molecule has 0 saturated carbocycles. The summed E-state index contributed by atoms with van der Waals surface area (Å²) in [7, 11) is 0. The Bertz CT molecular complexity index is 677. The molecule has 0 radical (unpaired) electrons. The monoisotopic (exact) mass is 261 g/mol. The maximum atomic E-state index is 8.90. The van der Waals surface area contributed by atoms with Gasteiger partial charge in [-0.1, -0.05) is 30.0 Å². The minimum Gasteiger partial charge on any atom is -0.480 e. The Hall–Kier alpha value is -2.71. The Balaban J connectivity index is 2.06. The van der Waals surface area contributed by atoms with Gasteiger partial charge in [-0.3, -0.25) is 0 Å². The van der Waals surface area contributed by atoms with E-state index in [1.807, 2.05) is 56.3 Å². The molecule has 98 valence electrons. The van der Waals surface area contributed by atoms with E-state index in [0.29, 0.717) is 12.2 Å². The molecular formula is C18H15NO. The first kappa shape index (κ1) is 13.7. The molecule has 0 aliphatic rings. The number of nitrogens with zero attached hydrogens (tertiary/aromatic N) is 1. The van der Waals surface area contributed by atoms with Crippen LogP contribution in [0.3, 0.4) is 0 Å². The van der Waals surface area contributed by atoms with Crippen LogP contribution in [0.5, 0.6) is 5.75 Å². The minimum atomic E-state index is 0.336. The summed E-state index contributed by atoms with van der Waals surface area (Å²) in [5, 5.41) is 8.90.